The third kappa shape index (κ3) is 20.2. The number of aromatic hydroxyl groups is 1. The highest BCUT2D eigenvalue weighted by Gasteiger charge is 2.39. The lowest BCUT2D eigenvalue weighted by molar-refractivity contribution is -0.142. The second-order valence-electron chi connectivity index (χ2n) is 14.8. The smallest absolute Gasteiger partial charge is 0.330 e. The number of primary amides is 1. The summed E-state index contributed by atoms with van der Waals surface area (Å²) in [5.41, 5.74) is 26.3. The van der Waals surface area contributed by atoms with E-state index in [1.54, 1.807) is 32.9 Å². The van der Waals surface area contributed by atoms with E-state index in [9.17, 15) is 33.9 Å². The maximum absolute atomic E-state index is 13.9. The Morgan fingerprint density at radius 3 is 2.02 bits per heavy atom. The van der Waals surface area contributed by atoms with Gasteiger partial charge in [-0.05, 0) is 82.9 Å². The summed E-state index contributed by atoms with van der Waals surface area (Å²) >= 11 is 0. The van der Waals surface area contributed by atoms with Crippen molar-refractivity contribution in [2.75, 3.05) is 19.7 Å². The Balaban J connectivity index is 0.00000386. The number of ether oxygens (including phenoxy) is 1. The van der Waals surface area contributed by atoms with Crippen LogP contribution in [0, 0.1) is 5.92 Å². The van der Waals surface area contributed by atoms with E-state index in [4.69, 9.17) is 37.6 Å². The number of aliphatic carboxylic acids is 1. The van der Waals surface area contributed by atoms with Gasteiger partial charge in [-0.1, -0.05) is 26.0 Å². The average Bonchev–Trinajstić information content (AvgIpc) is 3.59. The maximum Gasteiger partial charge on any atom is 0.330 e. The number of benzene rings is 1. The summed E-state index contributed by atoms with van der Waals surface area (Å²) in [7, 11) is 0. The molecule has 7 amide bonds. The van der Waals surface area contributed by atoms with Gasteiger partial charge in [-0.2, -0.15) is 0 Å². The molecule has 0 aromatic heterocycles. The Kier molecular flexibility index (Phi) is 20.8. The number of amides is 7. The summed E-state index contributed by atoms with van der Waals surface area (Å²) in [5.74, 6) is -4.24. The lowest BCUT2D eigenvalue weighted by Gasteiger charge is -2.31. The lowest BCUT2D eigenvalue weighted by Crippen LogP contribution is -2.60. The Labute approximate surface area is 332 Å². The average molecular weight is 808 g/mol. The molecule has 1 aliphatic heterocycles. The van der Waals surface area contributed by atoms with Crippen LogP contribution in [0.1, 0.15) is 79.2 Å². The number of aliphatic imine (C=N–C) groups is 1. The zero-order valence-electron chi connectivity index (χ0n) is 33.5. The van der Waals surface area contributed by atoms with Crippen LogP contribution >= 0.6 is 0 Å². The molecule has 21 heteroatoms. The second kappa shape index (κ2) is 24.0. The van der Waals surface area contributed by atoms with Crippen LogP contribution in [0.5, 0.6) is 5.75 Å². The van der Waals surface area contributed by atoms with Crippen molar-refractivity contribution in [3.05, 3.63) is 29.8 Å². The number of carboxylic acids is 1. The summed E-state index contributed by atoms with van der Waals surface area (Å²) in [4.78, 5) is 93.0. The predicted molar refractivity (Wildman–Crippen MR) is 210 cm³/mol. The third-order valence-corrected chi connectivity index (χ3v) is 8.09. The minimum atomic E-state index is -1.25. The first-order chi connectivity index (χ1) is 26.5. The zero-order chi connectivity index (χ0) is 43.5. The molecule has 1 fully saturated rings. The highest BCUT2D eigenvalue weighted by Crippen LogP contribution is 2.20. The van der Waals surface area contributed by atoms with Gasteiger partial charge in [0.1, 0.15) is 29.9 Å². The second-order valence-corrected chi connectivity index (χ2v) is 14.8. The van der Waals surface area contributed by atoms with Gasteiger partial charge in [-0.15, -0.1) is 0 Å². The van der Waals surface area contributed by atoms with E-state index in [1.807, 2.05) is 19.3 Å². The van der Waals surface area contributed by atoms with Crippen molar-refractivity contribution >= 4 is 47.5 Å². The highest BCUT2D eigenvalue weighted by atomic mass is 16.5. The van der Waals surface area contributed by atoms with E-state index in [2.05, 4.69) is 26.4 Å². The number of carbonyl (C=O) groups is 7. The number of nitrogens with one attached hydrogen (secondary N) is 5. The normalized spacial score (nSPS) is 15.7. The Bertz CT molecular complexity index is 1540. The van der Waals surface area contributed by atoms with Crippen LogP contribution in [0.3, 0.4) is 0 Å². The summed E-state index contributed by atoms with van der Waals surface area (Å²) in [6.45, 7) is 10.3. The minimum Gasteiger partial charge on any atom is -0.508 e. The molecule has 2 rings (SSSR count). The molecule has 0 unspecified atom stereocenters. The van der Waals surface area contributed by atoms with Gasteiger partial charge in [-0.3, -0.25) is 39.2 Å². The van der Waals surface area contributed by atoms with Crippen molar-refractivity contribution in [1.82, 2.24) is 31.7 Å². The number of phenolic OH excluding ortho intramolecular Hbond substituents is 1. The molecular weight excluding hydrogens is 746 g/mol. The fraction of sp³-hybridized carbons (Fsp3) is 0.611. The summed E-state index contributed by atoms with van der Waals surface area (Å²) in [6, 6.07) is -0.304. The number of nitrogens with zero attached hydrogens (tertiary/aromatic N) is 2. The molecule has 0 radical (unpaired) electrons. The Morgan fingerprint density at radius 1 is 0.912 bits per heavy atom. The van der Waals surface area contributed by atoms with Gasteiger partial charge >= 0.3 is 6.03 Å². The third-order valence-electron chi connectivity index (χ3n) is 8.09. The minimum absolute atomic E-state index is 0.0618. The molecule has 1 aliphatic rings. The molecule has 1 saturated heterocycles. The van der Waals surface area contributed by atoms with Crippen LogP contribution in [0.25, 0.3) is 0 Å². The number of nitrogens with two attached hydrogens (primary N) is 4. The van der Waals surface area contributed by atoms with Gasteiger partial charge in [0.25, 0.3) is 11.9 Å². The standard InChI is InChI=1S/C34H57N11O8.C2H4O2/c1-19(2)16-24(41-29(49)25(18-53-34(3,4)5)42-27(47)22(35)17-20-10-12-21(46)13-11-20)28(48)40-23(8-6-14-39-32(36)37)31(51)45-15-7-9-26(45)30(50)43-44-33(38)52;1-2(3)4/h10-13,19,22-26,46H,6-9,14-18,35H2,1-5H3,(H,40,48)(H,41,49)(H,42,47)(H,43,50)(H4,36,37,39)(H3,38,44,52);1H3,(H,3,4)/t22-,23-,24-,25-,26-;/m0./s1. The molecule has 0 spiro atoms. The summed E-state index contributed by atoms with van der Waals surface area (Å²) in [5, 5.41) is 25.1. The van der Waals surface area contributed by atoms with Gasteiger partial charge in [0.2, 0.25) is 23.6 Å². The number of phenols is 1. The topological polar surface area (TPSA) is 349 Å². The van der Waals surface area contributed by atoms with Crippen molar-refractivity contribution in [2.45, 2.75) is 116 Å². The highest BCUT2D eigenvalue weighted by molar-refractivity contribution is 5.96. The molecule has 21 nitrogen and oxygen atoms in total. The van der Waals surface area contributed by atoms with Gasteiger partial charge in [0.15, 0.2) is 5.96 Å². The lowest BCUT2D eigenvalue weighted by atomic mass is 10.0. The van der Waals surface area contributed by atoms with Crippen molar-refractivity contribution in [1.29, 1.82) is 0 Å². The molecule has 320 valence electrons. The van der Waals surface area contributed by atoms with Gasteiger partial charge < -0.3 is 58.7 Å². The first-order valence-corrected chi connectivity index (χ1v) is 18.5. The van der Waals surface area contributed by atoms with Crippen LogP contribution in [0.2, 0.25) is 0 Å². The SMILES string of the molecule is CC(=O)O.CC(C)C[C@H](NC(=O)[C@H](COC(C)(C)C)NC(=O)[C@@H](N)Cc1ccc(O)cc1)C(=O)N[C@@H](CCCN=C(N)N)C(=O)N1CCC[C@H]1C(=O)NNC(N)=O. The van der Waals surface area contributed by atoms with Crippen LogP contribution in [-0.4, -0.2) is 118 Å². The van der Waals surface area contributed by atoms with Crippen molar-refractivity contribution in [2.24, 2.45) is 33.8 Å². The number of urea groups is 1. The van der Waals surface area contributed by atoms with E-state index >= 15 is 0 Å². The molecule has 1 aromatic rings. The summed E-state index contributed by atoms with van der Waals surface area (Å²) in [6.07, 6.45) is 1.46. The van der Waals surface area contributed by atoms with E-state index in [0.29, 0.717) is 18.4 Å². The maximum atomic E-state index is 13.9. The zero-order valence-corrected chi connectivity index (χ0v) is 33.5. The molecule has 1 aromatic carbocycles. The van der Waals surface area contributed by atoms with Crippen molar-refractivity contribution in [3.63, 3.8) is 0 Å². The molecule has 57 heavy (non-hydrogen) atoms. The Hall–Kier alpha value is -5.70. The van der Waals surface area contributed by atoms with Gasteiger partial charge in [-0.25, -0.2) is 10.2 Å². The number of carbonyl (C=O) groups excluding carboxylic acids is 6. The molecule has 0 bridgehead atoms. The number of carboxylic acid groups (broad SMARTS) is 1. The van der Waals surface area contributed by atoms with Crippen molar-refractivity contribution in [3.8, 4) is 5.75 Å². The monoisotopic (exact) mass is 807 g/mol. The van der Waals surface area contributed by atoms with Crippen LogP contribution in [-0.2, 0) is 39.9 Å². The number of hydrogen-bond donors (Lipinski definition) is 11. The molecular formula is C36H61N11O10. The quantitative estimate of drug-likeness (QED) is 0.0346. The molecule has 1 heterocycles. The van der Waals surface area contributed by atoms with E-state index in [0.717, 1.165) is 6.92 Å². The van der Waals surface area contributed by atoms with Crippen LogP contribution in [0.15, 0.2) is 29.3 Å². The molecule has 0 aliphatic carbocycles. The number of rotatable bonds is 18. The largest absolute Gasteiger partial charge is 0.508 e. The van der Waals surface area contributed by atoms with Crippen molar-refractivity contribution < 1.29 is 48.5 Å². The van der Waals surface area contributed by atoms with Crippen LogP contribution < -0.4 is 49.7 Å². The fourth-order valence-electron chi connectivity index (χ4n) is 5.49. The van der Waals surface area contributed by atoms with Gasteiger partial charge in [0, 0.05) is 20.0 Å². The number of hydrogen-bond acceptors (Lipinski definition) is 11. The molecule has 0 saturated carbocycles. The molecule has 5 atom stereocenters. The summed E-state index contributed by atoms with van der Waals surface area (Å²) < 4.78 is 5.85. The van der Waals surface area contributed by atoms with Gasteiger partial charge in [0.05, 0.1) is 18.2 Å². The predicted octanol–water partition coefficient (Wildman–Crippen LogP) is -1.59. The Morgan fingerprint density at radius 2 is 1.47 bits per heavy atom. The first kappa shape index (κ1) is 49.3. The van der Waals surface area contributed by atoms with Crippen LogP contribution in [0.4, 0.5) is 4.79 Å². The van der Waals surface area contributed by atoms with E-state index in [1.165, 1.54) is 17.0 Å². The number of guanidine groups is 1. The molecule has 15 N–H and O–H groups in total. The first-order valence-electron chi connectivity index (χ1n) is 18.5. The fourth-order valence-corrected chi connectivity index (χ4v) is 5.49. The van der Waals surface area contributed by atoms with E-state index in [-0.39, 0.29) is 63.0 Å². The number of hydrazine groups is 1. The number of likely N-dealkylation sites (tertiary alicyclic amines) is 1. The van der Waals surface area contributed by atoms with E-state index < -0.39 is 77.3 Å².